The number of anilines is 5. The van der Waals surface area contributed by atoms with Crippen LogP contribution in [0.15, 0.2) is 48.7 Å². The number of methoxy groups -OCH3 is 1. The number of H-pyrrole nitrogens is 1. The lowest BCUT2D eigenvalue weighted by atomic mass is 10.1. The van der Waals surface area contributed by atoms with Crippen molar-refractivity contribution in [2.24, 2.45) is 0 Å². The number of carbonyl (C=O) groups excluding carboxylic acids is 2. The molecule has 2 amide bonds. The van der Waals surface area contributed by atoms with Crippen LogP contribution in [0.2, 0.25) is 0 Å². The first-order valence-electron chi connectivity index (χ1n) is 12.5. The Hall–Kier alpha value is -4.64. The molecule has 11 heteroatoms. The van der Waals surface area contributed by atoms with Crippen molar-refractivity contribution in [3.63, 3.8) is 0 Å². The first-order valence-corrected chi connectivity index (χ1v) is 12.5. The summed E-state index contributed by atoms with van der Waals surface area (Å²) in [5.74, 6) is -0.0504. The zero-order valence-electron chi connectivity index (χ0n) is 22.2. The molecule has 0 saturated carbocycles. The molecule has 0 bridgehead atoms. The molecule has 202 valence electrons. The second-order valence-corrected chi connectivity index (χ2v) is 9.50. The highest BCUT2D eigenvalue weighted by molar-refractivity contribution is 6.02. The van der Waals surface area contributed by atoms with Gasteiger partial charge in [0, 0.05) is 36.9 Å². The van der Waals surface area contributed by atoms with E-state index in [0.717, 1.165) is 23.1 Å². The number of ether oxygens (including phenoxy) is 1. The highest BCUT2D eigenvalue weighted by Gasteiger charge is 2.27. The number of halogens is 1. The van der Waals surface area contributed by atoms with E-state index < -0.39 is 11.7 Å². The number of aromatic nitrogens is 2. The first kappa shape index (κ1) is 26.0. The lowest BCUT2D eigenvalue weighted by Gasteiger charge is -2.21. The highest BCUT2D eigenvalue weighted by atomic mass is 19.1. The van der Waals surface area contributed by atoms with Crippen LogP contribution in [0.3, 0.4) is 0 Å². The maximum absolute atomic E-state index is 14.6. The minimum Gasteiger partial charge on any atom is -0.495 e. The molecule has 0 spiro atoms. The Kier molecular flexibility index (Phi) is 7.07. The summed E-state index contributed by atoms with van der Waals surface area (Å²) in [5, 5.41) is 9.77. The van der Waals surface area contributed by atoms with Crippen LogP contribution < -0.4 is 25.6 Å². The van der Waals surface area contributed by atoms with Crippen LogP contribution in [0.25, 0.3) is 11.0 Å². The minimum atomic E-state index is -0.631. The van der Waals surface area contributed by atoms with Crippen LogP contribution in [0.1, 0.15) is 15.9 Å². The van der Waals surface area contributed by atoms with E-state index in [9.17, 15) is 14.0 Å². The molecule has 0 saturated heterocycles. The molecule has 0 unspecified atom stereocenters. The number of benzene rings is 2. The summed E-state index contributed by atoms with van der Waals surface area (Å²) in [7, 11) is 6.78. The average Bonchev–Trinajstić information content (AvgIpc) is 3.54. The summed E-state index contributed by atoms with van der Waals surface area (Å²) < 4.78 is 20.2. The molecule has 3 heterocycles. The number of carbonyl (C=O) groups is 2. The Morgan fingerprint density at radius 3 is 2.69 bits per heavy atom. The molecule has 39 heavy (non-hydrogen) atoms. The number of hydrogen-bond acceptors (Lipinski definition) is 7. The lowest BCUT2D eigenvalue weighted by Crippen LogP contribution is -2.36. The van der Waals surface area contributed by atoms with Gasteiger partial charge in [-0.2, -0.15) is 0 Å². The third kappa shape index (κ3) is 5.08. The number of likely N-dealkylation sites (N-methyl/N-ethyl adjacent to an activating group) is 1. The van der Waals surface area contributed by atoms with Gasteiger partial charge >= 0.3 is 0 Å². The third-order valence-electron chi connectivity index (χ3n) is 6.58. The van der Waals surface area contributed by atoms with Crippen LogP contribution >= 0.6 is 0 Å². The summed E-state index contributed by atoms with van der Waals surface area (Å²) in [4.78, 5) is 36.7. The molecule has 1 aliphatic rings. The van der Waals surface area contributed by atoms with Gasteiger partial charge in [-0.25, -0.2) is 9.37 Å². The molecule has 0 radical (unpaired) electrons. The maximum atomic E-state index is 14.6. The van der Waals surface area contributed by atoms with Gasteiger partial charge in [0.25, 0.3) is 5.91 Å². The van der Waals surface area contributed by atoms with Gasteiger partial charge in [0.15, 0.2) is 0 Å². The van der Waals surface area contributed by atoms with Crippen molar-refractivity contribution in [3.8, 4) is 5.75 Å². The molecular weight excluding hydrogens is 501 g/mol. The van der Waals surface area contributed by atoms with Crippen molar-refractivity contribution in [2.45, 2.75) is 6.42 Å². The van der Waals surface area contributed by atoms with E-state index in [0.29, 0.717) is 47.4 Å². The topological polar surface area (TPSA) is 115 Å². The third-order valence-corrected chi connectivity index (χ3v) is 6.58. The van der Waals surface area contributed by atoms with E-state index in [-0.39, 0.29) is 11.5 Å². The van der Waals surface area contributed by atoms with E-state index in [1.165, 1.54) is 19.2 Å². The number of fused-ring (bicyclic) bond motifs is 2. The number of aromatic amines is 1. The Balaban J connectivity index is 1.52. The van der Waals surface area contributed by atoms with Gasteiger partial charge in [0.2, 0.25) is 5.91 Å². The van der Waals surface area contributed by atoms with Gasteiger partial charge < -0.3 is 35.5 Å². The zero-order chi connectivity index (χ0) is 27.7. The van der Waals surface area contributed by atoms with Crippen LogP contribution in [0.5, 0.6) is 5.75 Å². The van der Waals surface area contributed by atoms with Crippen LogP contribution in [0.4, 0.5) is 33.0 Å². The monoisotopic (exact) mass is 531 g/mol. The number of rotatable bonds is 8. The molecule has 2 aromatic carbocycles. The van der Waals surface area contributed by atoms with E-state index >= 15 is 0 Å². The molecule has 0 atom stereocenters. The molecule has 4 aromatic rings. The molecule has 2 aromatic heterocycles. The highest BCUT2D eigenvalue weighted by Crippen LogP contribution is 2.39. The fourth-order valence-corrected chi connectivity index (χ4v) is 4.77. The van der Waals surface area contributed by atoms with Gasteiger partial charge in [-0.1, -0.05) is 6.07 Å². The lowest BCUT2D eigenvalue weighted by molar-refractivity contribution is -0.119. The number of amides is 2. The van der Waals surface area contributed by atoms with Crippen LogP contribution in [-0.2, 0) is 11.2 Å². The van der Waals surface area contributed by atoms with E-state index in [1.807, 2.05) is 37.2 Å². The number of pyridine rings is 1. The van der Waals surface area contributed by atoms with Crippen molar-refractivity contribution in [1.29, 1.82) is 0 Å². The Morgan fingerprint density at radius 1 is 1.13 bits per heavy atom. The van der Waals surface area contributed by atoms with Crippen LogP contribution in [-0.4, -0.2) is 68.0 Å². The van der Waals surface area contributed by atoms with Crippen molar-refractivity contribution in [1.82, 2.24) is 20.2 Å². The first-order chi connectivity index (χ1) is 18.8. The molecule has 0 aliphatic carbocycles. The second kappa shape index (κ2) is 10.6. The molecule has 10 nitrogen and oxygen atoms in total. The number of nitrogens with zero attached hydrogens (tertiary/aromatic N) is 3. The summed E-state index contributed by atoms with van der Waals surface area (Å²) in [6, 6.07) is 11.9. The number of nitrogens with one attached hydrogen (secondary N) is 4. The molecular formula is C28H30FN7O3. The number of hydrogen-bond donors (Lipinski definition) is 4. The van der Waals surface area contributed by atoms with E-state index in [1.54, 1.807) is 30.3 Å². The van der Waals surface area contributed by atoms with Crippen molar-refractivity contribution >= 4 is 51.4 Å². The Labute approximate surface area is 225 Å². The van der Waals surface area contributed by atoms with Crippen LogP contribution in [0, 0.1) is 5.82 Å². The Morgan fingerprint density at radius 2 is 1.95 bits per heavy atom. The molecule has 4 N–H and O–H groups in total. The van der Waals surface area contributed by atoms with Crippen molar-refractivity contribution < 1.29 is 18.7 Å². The van der Waals surface area contributed by atoms with Crippen molar-refractivity contribution in [3.05, 3.63) is 65.6 Å². The minimum absolute atomic E-state index is 0.0225. The van der Waals surface area contributed by atoms with Crippen molar-refractivity contribution in [2.75, 3.05) is 56.9 Å². The fourth-order valence-electron chi connectivity index (χ4n) is 4.77. The maximum Gasteiger partial charge on any atom is 0.256 e. The SMILES string of the molecule is CNC(=O)c1c(F)cccc1Nc1cc(Nc2cc3c(cc2OC)CCN3C(=O)CN(C)C)nc2[nH]ccc12. The predicted molar refractivity (Wildman–Crippen MR) is 150 cm³/mol. The quantitative estimate of drug-likeness (QED) is 0.272. The Bertz CT molecular complexity index is 1570. The van der Waals surface area contributed by atoms with Gasteiger partial charge in [0.1, 0.15) is 23.0 Å². The van der Waals surface area contributed by atoms with E-state index in [2.05, 4.69) is 25.9 Å². The smallest absolute Gasteiger partial charge is 0.256 e. The molecule has 0 fully saturated rings. The largest absolute Gasteiger partial charge is 0.495 e. The summed E-state index contributed by atoms with van der Waals surface area (Å²) in [6.45, 7) is 0.920. The zero-order valence-corrected chi connectivity index (χ0v) is 22.2. The summed E-state index contributed by atoms with van der Waals surface area (Å²) in [6.07, 6.45) is 2.50. The standard InChI is InChI=1S/C28H30FN7O3/c1-30-28(38)26-18(29)6-5-7-19(26)32-20-14-24(34-27-17(20)8-10-31-27)33-21-13-22-16(12-23(21)39-4)9-11-36(22)25(37)15-35(2)3/h5-8,10,12-14H,9,11,15H2,1-4H3,(H,30,38)(H3,31,32,33,34). The molecule has 5 rings (SSSR count). The molecule has 1 aliphatic heterocycles. The fraction of sp³-hybridized carbons (Fsp3) is 0.250. The average molecular weight is 532 g/mol. The predicted octanol–water partition coefficient (Wildman–Crippen LogP) is 4.01. The van der Waals surface area contributed by atoms with E-state index in [4.69, 9.17) is 4.74 Å². The second-order valence-electron chi connectivity index (χ2n) is 9.50. The normalized spacial score (nSPS) is 12.5. The van der Waals surface area contributed by atoms with Gasteiger partial charge in [-0.3, -0.25) is 9.59 Å². The summed E-state index contributed by atoms with van der Waals surface area (Å²) in [5.41, 5.74) is 3.94. The van der Waals surface area contributed by atoms with Gasteiger partial charge in [-0.05, 0) is 56.4 Å². The van der Waals surface area contributed by atoms with Gasteiger partial charge in [0.05, 0.1) is 36.3 Å². The summed E-state index contributed by atoms with van der Waals surface area (Å²) >= 11 is 0. The van der Waals surface area contributed by atoms with Gasteiger partial charge in [-0.15, -0.1) is 0 Å².